The maximum Gasteiger partial charge on any atom is 0.223 e. The van der Waals surface area contributed by atoms with E-state index in [0.717, 1.165) is 6.42 Å². The molecule has 94 valence electrons. The molecule has 1 rings (SSSR count). The Hall–Kier alpha value is -0.570. The lowest BCUT2D eigenvalue weighted by molar-refractivity contribution is -0.153. The van der Waals surface area contributed by atoms with Crippen LogP contribution in [0.25, 0.3) is 0 Å². The van der Waals surface area contributed by atoms with Crippen LogP contribution < -0.4 is 0 Å². The molecule has 0 bridgehead atoms. The Balaban J connectivity index is 2.30. The number of hydrogen-bond acceptors (Lipinski definition) is 2. The summed E-state index contributed by atoms with van der Waals surface area (Å²) in [6, 6.07) is 0. The summed E-state index contributed by atoms with van der Waals surface area (Å²) in [5.41, 5.74) is -0.372. The molecule has 0 aromatic heterocycles. The monoisotopic (exact) mass is 227 g/mol. The highest BCUT2D eigenvalue weighted by atomic mass is 16.3. The Kier molecular flexibility index (Phi) is 3.68. The van der Waals surface area contributed by atoms with E-state index in [0.29, 0.717) is 25.4 Å². The van der Waals surface area contributed by atoms with Crippen LogP contribution in [0.1, 0.15) is 47.5 Å². The summed E-state index contributed by atoms with van der Waals surface area (Å²) in [5, 5.41) is 9.56. The van der Waals surface area contributed by atoms with E-state index in [9.17, 15) is 9.90 Å². The maximum atomic E-state index is 11.8. The molecule has 1 aliphatic heterocycles. The Morgan fingerprint density at radius 2 is 1.94 bits per heavy atom. The lowest BCUT2D eigenvalue weighted by Gasteiger charge is -2.44. The third-order valence-electron chi connectivity index (χ3n) is 2.90. The van der Waals surface area contributed by atoms with Gasteiger partial charge in [0, 0.05) is 6.42 Å². The van der Waals surface area contributed by atoms with Crippen LogP contribution in [0.5, 0.6) is 0 Å². The standard InChI is InChI=1S/C13H25NO2/c1-10(7-12(2,3)4)6-11(15)14-8-13(5,16)9-14/h10,16H,6-9H2,1-5H3. The van der Waals surface area contributed by atoms with Crippen molar-refractivity contribution in [1.29, 1.82) is 0 Å². The molecule has 0 saturated carbocycles. The van der Waals surface area contributed by atoms with E-state index in [2.05, 4.69) is 27.7 Å². The minimum Gasteiger partial charge on any atom is -0.386 e. The van der Waals surface area contributed by atoms with Crippen molar-refractivity contribution in [2.75, 3.05) is 13.1 Å². The van der Waals surface area contributed by atoms with Crippen molar-refractivity contribution in [3.63, 3.8) is 0 Å². The molecule has 1 unspecified atom stereocenters. The van der Waals surface area contributed by atoms with Crippen molar-refractivity contribution >= 4 is 5.91 Å². The van der Waals surface area contributed by atoms with E-state index < -0.39 is 5.60 Å². The molecule has 0 aromatic carbocycles. The quantitative estimate of drug-likeness (QED) is 0.801. The van der Waals surface area contributed by atoms with Gasteiger partial charge in [0.15, 0.2) is 0 Å². The number of rotatable bonds is 3. The molecule has 1 heterocycles. The second-order valence-electron chi connectivity index (χ2n) is 6.82. The Morgan fingerprint density at radius 3 is 2.31 bits per heavy atom. The van der Waals surface area contributed by atoms with Crippen LogP contribution in [0.4, 0.5) is 0 Å². The number of aliphatic hydroxyl groups is 1. The van der Waals surface area contributed by atoms with Crippen LogP contribution in [0.3, 0.4) is 0 Å². The molecule has 1 fully saturated rings. The van der Waals surface area contributed by atoms with E-state index in [1.54, 1.807) is 11.8 Å². The lowest BCUT2D eigenvalue weighted by Crippen LogP contribution is -2.61. The van der Waals surface area contributed by atoms with Crippen LogP contribution in [0.2, 0.25) is 0 Å². The third-order valence-corrected chi connectivity index (χ3v) is 2.90. The fraction of sp³-hybridized carbons (Fsp3) is 0.923. The molecule has 3 heteroatoms. The van der Waals surface area contributed by atoms with Gasteiger partial charge in [-0.3, -0.25) is 4.79 Å². The Bertz CT molecular complexity index is 258. The molecule has 0 aromatic rings. The first-order valence-corrected chi connectivity index (χ1v) is 6.09. The molecule has 1 saturated heterocycles. The van der Waals surface area contributed by atoms with Crippen molar-refractivity contribution < 1.29 is 9.90 Å². The van der Waals surface area contributed by atoms with Gasteiger partial charge in [-0.15, -0.1) is 0 Å². The van der Waals surface area contributed by atoms with E-state index >= 15 is 0 Å². The van der Waals surface area contributed by atoms with Crippen LogP contribution >= 0.6 is 0 Å². The number of likely N-dealkylation sites (tertiary alicyclic amines) is 1. The Morgan fingerprint density at radius 1 is 1.44 bits per heavy atom. The number of amides is 1. The van der Waals surface area contributed by atoms with Gasteiger partial charge < -0.3 is 10.0 Å². The van der Waals surface area contributed by atoms with E-state index in [4.69, 9.17) is 0 Å². The lowest BCUT2D eigenvalue weighted by atomic mass is 9.83. The molecule has 0 aliphatic carbocycles. The second kappa shape index (κ2) is 4.36. The minimum absolute atomic E-state index is 0.184. The topological polar surface area (TPSA) is 40.5 Å². The molecule has 0 radical (unpaired) electrons. The highest BCUT2D eigenvalue weighted by Crippen LogP contribution is 2.28. The SMILES string of the molecule is CC(CC(=O)N1CC(C)(O)C1)CC(C)(C)C. The van der Waals surface area contributed by atoms with Gasteiger partial charge >= 0.3 is 0 Å². The van der Waals surface area contributed by atoms with Crippen LogP contribution in [0, 0.1) is 11.3 Å². The number of nitrogens with zero attached hydrogens (tertiary/aromatic N) is 1. The molecular formula is C13H25NO2. The van der Waals surface area contributed by atoms with Crippen molar-refractivity contribution in [3.8, 4) is 0 Å². The number of carbonyl (C=O) groups excluding carboxylic acids is 1. The van der Waals surface area contributed by atoms with E-state index in [-0.39, 0.29) is 11.3 Å². The van der Waals surface area contributed by atoms with Crippen molar-refractivity contribution in [3.05, 3.63) is 0 Å². The molecular weight excluding hydrogens is 202 g/mol. The highest BCUT2D eigenvalue weighted by molar-refractivity contribution is 5.77. The molecule has 1 aliphatic rings. The second-order valence-corrected chi connectivity index (χ2v) is 6.82. The highest BCUT2D eigenvalue weighted by Gasteiger charge is 2.39. The summed E-state index contributed by atoms with van der Waals surface area (Å²) in [7, 11) is 0. The van der Waals surface area contributed by atoms with E-state index in [1.165, 1.54) is 0 Å². The largest absolute Gasteiger partial charge is 0.386 e. The first-order valence-electron chi connectivity index (χ1n) is 6.09. The van der Waals surface area contributed by atoms with Gasteiger partial charge in [-0.25, -0.2) is 0 Å². The van der Waals surface area contributed by atoms with Gasteiger partial charge in [0.2, 0.25) is 5.91 Å². The predicted molar refractivity (Wildman–Crippen MR) is 65.1 cm³/mol. The zero-order valence-electron chi connectivity index (χ0n) is 11.2. The molecule has 1 N–H and O–H groups in total. The van der Waals surface area contributed by atoms with Crippen LogP contribution in [0.15, 0.2) is 0 Å². The van der Waals surface area contributed by atoms with Gasteiger partial charge in [0.05, 0.1) is 18.7 Å². The smallest absolute Gasteiger partial charge is 0.223 e. The number of β-amino-alcohol motifs (C(OH)–C–C–N with tert-alkyl or cyclic N) is 1. The molecule has 0 spiro atoms. The zero-order valence-corrected chi connectivity index (χ0v) is 11.2. The summed E-state index contributed by atoms with van der Waals surface area (Å²) in [6.07, 6.45) is 1.66. The van der Waals surface area contributed by atoms with Gasteiger partial charge in [-0.05, 0) is 24.7 Å². The number of hydrogen-bond donors (Lipinski definition) is 1. The fourth-order valence-electron chi connectivity index (χ4n) is 2.50. The maximum absolute atomic E-state index is 11.8. The minimum atomic E-state index is -0.650. The molecule has 3 nitrogen and oxygen atoms in total. The van der Waals surface area contributed by atoms with Gasteiger partial charge in [-0.1, -0.05) is 27.7 Å². The summed E-state index contributed by atoms with van der Waals surface area (Å²) in [6.45, 7) is 11.5. The third kappa shape index (κ3) is 4.12. The van der Waals surface area contributed by atoms with Gasteiger partial charge in [0.1, 0.15) is 0 Å². The Labute approximate surface area is 98.8 Å². The first-order chi connectivity index (χ1) is 7.09. The number of carbonyl (C=O) groups is 1. The van der Waals surface area contributed by atoms with Gasteiger partial charge in [-0.2, -0.15) is 0 Å². The summed E-state index contributed by atoms with van der Waals surface area (Å²) >= 11 is 0. The molecule has 1 amide bonds. The average molecular weight is 227 g/mol. The van der Waals surface area contributed by atoms with Crippen LogP contribution in [-0.4, -0.2) is 34.6 Å². The normalized spacial score (nSPS) is 21.5. The van der Waals surface area contributed by atoms with Crippen molar-refractivity contribution in [2.45, 2.75) is 53.1 Å². The van der Waals surface area contributed by atoms with Gasteiger partial charge in [0.25, 0.3) is 0 Å². The average Bonchev–Trinajstić information content (AvgIpc) is 1.95. The predicted octanol–water partition coefficient (Wildman–Crippen LogP) is 2.04. The summed E-state index contributed by atoms with van der Waals surface area (Å²) in [5.74, 6) is 0.598. The molecule has 16 heavy (non-hydrogen) atoms. The van der Waals surface area contributed by atoms with Crippen molar-refractivity contribution in [1.82, 2.24) is 4.90 Å². The van der Waals surface area contributed by atoms with Crippen molar-refractivity contribution in [2.24, 2.45) is 11.3 Å². The van der Waals surface area contributed by atoms with Crippen LogP contribution in [-0.2, 0) is 4.79 Å². The zero-order chi connectivity index (χ0) is 12.6. The molecule has 1 atom stereocenters. The first kappa shape index (κ1) is 13.5. The summed E-state index contributed by atoms with van der Waals surface area (Å²) in [4.78, 5) is 13.6. The van der Waals surface area contributed by atoms with E-state index in [1.807, 2.05) is 0 Å². The summed E-state index contributed by atoms with van der Waals surface area (Å²) < 4.78 is 0. The fourth-order valence-corrected chi connectivity index (χ4v) is 2.50.